The number of unbranched alkanes of at least 4 members (excludes halogenated alkanes) is 6. The van der Waals surface area contributed by atoms with E-state index in [-0.39, 0.29) is 12.1 Å². The molecule has 1 atom stereocenters. The molecule has 1 fully saturated rings. The quantitative estimate of drug-likeness (QED) is 0.104. The maximum absolute atomic E-state index is 13.9. The number of hydrogen-bond acceptors (Lipinski definition) is 2. The van der Waals surface area contributed by atoms with E-state index in [1.807, 2.05) is 0 Å². The topological polar surface area (TPSA) is 29.5 Å². The van der Waals surface area contributed by atoms with Gasteiger partial charge in [0.25, 0.3) is 0 Å². The van der Waals surface area contributed by atoms with E-state index in [0.717, 1.165) is 6.42 Å². The normalized spacial score (nSPS) is 16.4. The van der Waals surface area contributed by atoms with Crippen molar-refractivity contribution >= 4 is 42.8 Å². The molecule has 0 bridgehead atoms. The molecule has 0 aromatic heterocycles. The fraction of sp³-hybridized carbons (Fsp3) is 0.750. The Morgan fingerprint density at radius 1 is 0.732 bits per heavy atom. The van der Waals surface area contributed by atoms with Gasteiger partial charge in [-0.2, -0.15) is 0 Å². The summed E-state index contributed by atoms with van der Waals surface area (Å²) in [6, 6.07) is 11.0. The summed E-state index contributed by atoms with van der Waals surface area (Å²) in [4.78, 5) is 16.3. The maximum atomic E-state index is 13.9. The van der Waals surface area contributed by atoms with Crippen molar-refractivity contribution in [1.82, 2.24) is 4.90 Å². The third-order valence-corrected chi connectivity index (χ3v) is 41.5. The molecule has 0 aliphatic carbocycles. The molecule has 1 aliphatic rings. The number of carbonyl (C=O) groups excluding carboxylic acids is 1. The third kappa shape index (κ3) is 11.7. The second-order valence-electron chi connectivity index (χ2n) is 13.1. The van der Waals surface area contributed by atoms with E-state index in [2.05, 4.69) is 80.9 Å². The van der Waals surface area contributed by atoms with Gasteiger partial charge in [0.1, 0.15) is 0 Å². The summed E-state index contributed by atoms with van der Waals surface area (Å²) in [5.74, 6) is 0. The zero-order valence-electron chi connectivity index (χ0n) is 27.9. The van der Waals surface area contributed by atoms with Crippen LogP contribution >= 0.6 is 0 Å². The Morgan fingerprint density at radius 2 is 1.17 bits per heavy atom. The molecule has 234 valence electrons. The van der Waals surface area contributed by atoms with Crippen LogP contribution in [-0.2, 0) is 11.2 Å². The standard InChI is InChI=1S/C12H11NO2.6C4H9.2Sn/c1-2-13-11(9-15-12(13)14)8-10-6-4-3-5-7-10;6*1-3-4-2;;/h1,3-7,11H,8-9H2;6*1,3-4H2,2H3;;. The molecule has 41 heavy (non-hydrogen) atoms. The summed E-state index contributed by atoms with van der Waals surface area (Å²) in [7, 11) is 0. The second-order valence-corrected chi connectivity index (χ2v) is 39.0. The van der Waals surface area contributed by atoms with Crippen molar-refractivity contribution in [3.8, 4) is 0 Å². The van der Waals surface area contributed by atoms with Gasteiger partial charge in [-0.3, -0.25) is 0 Å². The molecule has 3 nitrogen and oxygen atoms in total. The van der Waals surface area contributed by atoms with Crippen LogP contribution in [0.15, 0.2) is 38.1 Å². The van der Waals surface area contributed by atoms with Crippen molar-refractivity contribution in [2.75, 3.05) is 6.61 Å². The monoisotopic (exact) mass is 783 g/mol. The van der Waals surface area contributed by atoms with E-state index in [0.29, 0.717) is 6.61 Å². The van der Waals surface area contributed by atoms with Gasteiger partial charge >= 0.3 is 265 Å². The van der Waals surface area contributed by atoms with Gasteiger partial charge in [-0.25, -0.2) is 0 Å². The molecule has 1 heterocycles. The van der Waals surface area contributed by atoms with Crippen LogP contribution in [0, 0.1) is 0 Å². The van der Waals surface area contributed by atoms with Gasteiger partial charge in [0.15, 0.2) is 0 Å². The average molecular weight is 781 g/mol. The summed E-state index contributed by atoms with van der Waals surface area (Å²) < 4.78 is 19.3. The molecule has 1 amide bonds. The van der Waals surface area contributed by atoms with Crippen molar-refractivity contribution in [3.05, 3.63) is 43.7 Å². The molecule has 1 aliphatic heterocycles. The van der Waals surface area contributed by atoms with Gasteiger partial charge in [-0.1, -0.05) is 0 Å². The summed E-state index contributed by atoms with van der Waals surface area (Å²) in [6.45, 7) is 14.8. The third-order valence-electron chi connectivity index (χ3n) is 9.63. The fourth-order valence-corrected chi connectivity index (χ4v) is 49.5. The minimum absolute atomic E-state index is 0.0237. The van der Waals surface area contributed by atoms with Crippen LogP contribution in [0.4, 0.5) is 4.79 Å². The van der Waals surface area contributed by atoms with Crippen LogP contribution in [0.25, 0.3) is 0 Å². The fourth-order valence-electron chi connectivity index (χ4n) is 7.04. The molecule has 5 heteroatoms. The van der Waals surface area contributed by atoms with Crippen LogP contribution in [0.3, 0.4) is 0 Å². The number of benzene rings is 1. The van der Waals surface area contributed by atoms with Crippen molar-refractivity contribution in [2.45, 2.75) is 158 Å². The Balaban J connectivity index is 2.81. The first-order valence-electron chi connectivity index (χ1n) is 17.7. The predicted octanol–water partition coefficient (Wildman–Crippen LogP) is 11.7. The van der Waals surface area contributed by atoms with Crippen LogP contribution in [0.5, 0.6) is 0 Å². The summed E-state index contributed by atoms with van der Waals surface area (Å²) in [5, 5.41) is 0. The van der Waals surface area contributed by atoms with Gasteiger partial charge in [0.2, 0.25) is 0 Å². The van der Waals surface area contributed by atoms with Crippen LogP contribution < -0.4 is 0 Å². The Morgan fingerprint density at radius 3 is 1.61 bits per heavy atom. The molecular weight excluding hydrogens is 716 g/mol. The van der Waals surface area contributed by atoms with Gasteiger partial charge in [0, 0.05) is 0 Å². The molecule has 2 rings (SSSR count). The average Bonchev–Trinajstić information content (AvgIpc) is 3.35. The number of amides is 1. The summed E-state index contributed by atoms with van der Waals surface area (Å²) in [6.07, 6.45) is 16.6. The molecule has 1 aromatic rings. The number of rotatable bonds is 23. The number of ether oxygens (including phenoxy) is 1. The zero-order chi connectivity index (χ0) is 30.0. The van der Waals surface area contributed by atoms with Crippen molar-refractivity contribution < 1.29 is 9.53 Å². The van der Waals surface area contributed by atoms with Crippen LogP contribution in [0.2, 0.25) is 26.6 Å². The summed E-state index contributed by atoms with van der Waals surface area (Å²) >= 11 is -5.69. The zero-order valence-corrected chi connectivity index (χ0v) is 33.7. The van der Waals surface area contributed by atoms with Crippen LogP contribution in [0.1, 0.15) is 124 Å². The number of hydrogen-bond donors (Lipinski definition) is 0. The Hall–Kier alpha value is -0.173. The van der Waals surface area contributed by atoms with Gasteiger partial charge < -0.3 is 0 Å². The van der Waals surface area contributed by atoms with Crippen molar-refractivity contribution in [1.29, 1.82) is 0 Å². The van der Waals surface area contributed by atoms with Gasteiger partial charge in [-0.05, 0) is 0 Å². The van der Waals surface area contributed by atoms with E-state index in [9.17, 15) is 4.79 Å². The van der Waals surface area contributed by atoms with Crippen molar-refractivity contribution in [2.24, 2.45) is 0 Å². The molecular formula is C36H65NO2Sn2. The van der Waals surface area contributed by atoms with E-state index < -0.39 is 36.8 Å². The van der Waals surface area contributed by atoms with E-state index >= 15 is 0 Å². The van der Waals surface area contributed by atoms with Gasteiger partial charge in [-0.15, -0.1) is 0 Å². The molecule has 1 aromatic carbocycles. The van der Waals surface area contributed by atoms with Crippen molar-refractivity contribution in [3.63, 3.8) is 0 Å². The molecule has 0 spiro atoms. The predicted molar refractivity (Wildman–Crippen MR) is 185 cm³/mol. The molecule has 1 saturated heterocycles. The van der Waals surface area contributed by atoms with E-state index in [1.165, 1.54) is 109 Å². The number of nitrogens with zero attached hydrogens (tertiary/aromatic N) is 1. The SMILES string of the molecule is CCC[CH2][Sn](/[CH]=[C](/N1C(=O)OCC1Cc1ccccc1)[Sn]([CH2]CCC)([CH2]CCC)[CH2]CCC)([CH2]CCC)[CH2]CCC. The van der Waals surface area contributed by atoms with E-state index in [4.69, 9.17) is 4.74 Å². The van der Waals surface area contributed by atoms with Gasteiger partial charge in [0.05, 0.1) is 0 Å². The number of cyclic esters (lactones) is 1. The first-order chi connectivity index (χ1) is 19.9. The van der Waals surface area contributed by atoms with E-state index in [1.54, 1.807) is 3.71 Å². The summed E-state index contributed by atoms with van der Waals surface area (Å²) in [5.41, 5.74) is 1.33. The van der Waals surface area contributed by atoms with Crippen LogP contribution in [-0.4, -0.2) is 60.4 Å². The first-order valence-corrected chi connectivity index (χ1v) is 32.9. The molecule has 0 radical (unpaired) electrons. The molecule has 1 unspecified atom stereocenters. The Labute approximate surface area is 263 Å². The second kappa shape index (κ2) is 20.7. The molecule has 0 saturated carbocycles. The Kier molecular flexibility index (Phi) is 18.7. The molecule has 0 N–H and O–H groups in total. The number of carbonyl (C=O) groups is 1. The first kappa shape index (κ1) is 37.0. The Bertz CT molecular complexity index is 828. The minimum atomic E-state index is -2.98.